The van der Waals surface area contributed by atoms with E-state index in [1.165, 1.54) is 11.1 Å². The fraction of sp³-hybridized carbons (Fsp3) is 0.300. The van der Waals surface area contributed by atoms with E-state index in [1.807, 2.05) is 0 Å². The van der Waals surface area contributed by atoms with Gasteiger partial charge in [-0.2, -0.15) is 5.10 Å². The van der Waals surface area contributed by atoms with Crippen LogP contribution in [0.2, 0.25) is 0 Å². The first-order valence-corrected chi connectivity index (χ1v) is 10.8. The van der Waals surface area contributed by atoms with Crippen molar-refractivity contribution >= 4 is 27.3 Å². The van der Waals surface area contributed by atoms with Gasteiger partial charge in [0.2, 0.25) is 15.9 Å². The molecule has 1 N–H and O–H groups in total. The number of hydrogen-bond donors (Lipinski definition) is 1. The topological polar surface area (TPSA) is 78.8 Å². The van der Waals surface area contributed by atoms with E-state index >= 15 is 0 Å². The monoisotopic (exact) mass is 403 g/mol. The number of anilines is 1. The van der Waals surface area contributed by atoms with Crippen molar-refractivity contribution in [3.8, 4) is 0 Å². The van der Waals surface area contributed by atoms with Crippen LogP contribution in [-0.2, 0) is 14.8 Å². The molecule has 1 atom stereocenters. The summed E-state index contributed by atoms with van der Waals surface area (Å²) in [5.74, 6) is -0.952. The molecule has 1 heterocycles. The number of carbonyl (C=O) groups excluding carboxylic acids is 1. The summed E-state index contributed by atoms with van der Waals surface area (Å²) in [4.78, 5) is 12.7. The van der Waals surface area contributed by atoms with Crippen molar-refractivity contribution in [1.29, 1.82) is 0 Å². The average molecular weight is 403 g/mol. The van der Waals surface area contributed by atoms with Crippen LogP contribution in [-0.4, -0.2) is 31.3 Å². The highest BCUT2D eigenvalue weighted by atomic mass is 32.2. The lowest BCUT2D eigenvalue weighted by atomic mass is 9.97. The molecule has 148 valence electrons. The number of halogens is 1. The Labute approximate surface area is 164 Å². The molecule has 0 radical (unpaired) electrons. The van der Waals surface area contributed by atoms with Crippen molar-refractivity contribution in [3.05, 3.63) is 65.5 Å². The van der Waals surface area contributed by atoms with Gasteiger partial charge in [0.15, 0.2) is 0 Å². The summed E-state index contributed by atoms with van der Waals surface area (Å²) >= 11 is 0. The number of hydrogen-bond acceptors (Lipinski definition) is 4. The molecule has 0 aromatic heterocycles. The molecule has 0 saturated carbocycles. The molecule has 0 bridgehead atoms. The van der Waals surface area contributed by atoms with Crippen molar-refractivity contribution < 1.29 is 17.6 Å². The standard InChI is InChI=1S/C20H22FN3O3S/c1-13(2)20(25)24-19(14-8-4-6-10-16(14)21)12-18(22-24)15-9-5-7-11-17(15)23-28(3,26)27/h4-11,13,19,23H,12H2,1-3H3. The number of para-hydroxylation sites is 1. The molecule has 28 heavy (non-hydrogen) atoms. The second kappa shape index (κ2) is 7.71. The molecule has 1 aliphatic heterocycles. The summed E-state index contributed by atoms with van der Waals surface area (Å²) in [5, 5.41) is 5.78. The molecule has 8 heteroatoms. The minimum absolute atomic E-state index is 0.225. The van der Waals surface area contributed by atoms with Crippen LogP contribution >= 0.6 is 0 Å². The lowest BCUT2D eigenvalue weighted by Gasteiger charge is -2.23. The number of nitrogens with zero attached hydrogens (tertiary/aromatic N) is 2. The Kier molecular flexibility index (Phi) is 5.51. The zero-order chi connectivity index (χ0) is 20.5. The Morgan fingerprint density at radius 1 is 1.18 bits per heavy atom. The Morgan fingerprint density at radius 2 is 1.82 bits per heavy atom. The van der Waals surface area contributed by atoms with Gasteiger partial charge in [0.1, 0.15) is 5.82 Å². The van der Waals surface area contributed by atoms with Crippen molar-refractivity contribution in [2.75, 3.05) is 11.0 Å². The van der Waals surface area contributed by atoms with Crippen LogP contribution < -0.4 is 4.72 Å². The highest BCUT2D eigenvalue weighted by molar-refractivity contribution is 7.92. The molecule has 6 nitrogen and oxygen atoms in total. The zero-order valence-corrected chi connectivity index (χ0v) is 16.7. The third-order valence-corrected chi connectivity index (χ3v) is 5.02. The Morgan fingerprint density at radius 3 is 2.46 bits per heavy atom. The van der Waals surface area contributed by atoms with Crippen LogP contribution in [0.4, 0.5) is 10.1 Å². The second-order valence-electron chi connectivity index (χ2n) is 7.05. The highest BCUT2D eigenvalue weighted by Gasteiger charge is 2.36. The summed E-state index contributed by atoms with van der Waals surface area (Å²) in [6, 6.07) is 12.5. The van der Waals surface area contributed by atoms with Crippen molar-refractivity contribution in [3.63, 3.8) is 0 Å². The van der Waals surface area contributed by atoms with Gasteiger partial charge in [-0.15, -0.1) is 0 Å². The number of sulfonamides is 1. The molecular formula is C20H22FN3O3S. The van der Waals surface area contributed by atoms with Gasteiger partial charge < -0.3 is 0 Å². The second-order valence-corrected chi connectivity index (χ2v) is 8.79. The SMILES string of the molecule is CC(C)C(=O)N1N=C(c2ccccc2NS(C)(=O)=O)CC1c1ccccc1F. The minimum atomic E-state index is -3.49. The van der Waals surface area contributed by atoms with Gasteiger partial charge in [-0.3, -0.25) is 9.52 Å². The Balaban J connectivity index is 2.05. The van der Waals surface area contributed by atoms with E-state index in [1.54, 1.807) is 56.3 Å². The van der Waals surface area contributed by atoms with Gasteiger partial charge in [0.25, 0.3) is 0 Å². The first kappa shape index (κ1) is 20.0. The van der Waals surface area contributed by atoms with Crippen LogP contribution in [0.5, 0.6) is 0 Å². The average Bonchev–Trinajstić information content (AvgIpc) is 3.05. The van der Waals surface area contributed by atoms with E-state index in [4.69, 9.17) is 0 Å². The molecule has 0 saturated heterocycles. The fourth-order valence-corrected chi connectivity index (χ4v) is 3.73. The molecule has 2 aromatic rings. The van der Waals surface area contributed by atoms with Gasteiger partial charge in [0.05, 0.1) is 23.7 Å². The predicted molar refractivity (Wildman–Crippen MR) is 107 cm³/mol. The summed E-state index contributed by atoms with van der Waals surface area (Å²) in [5.41, 5.74) is 1.83. The normalized spacial score (nSPS) is 17.0. The lowest BCUT2D eigenvalue weighted by Crippen LogP contribution is -2.31. The number of rotatable bonds is 5. The zero-order valence-electron chi connectivity index (χ0n) is 15.9. The van der Waals surface area contributed by atoms with Crippen LogP contribution in [0.25, 0.3) is 0 Å². The van der Waals surface area contributed by atoms with Gasteiger partial charge >= 0.3 is 0 Å². The van der Waals surface area contributed by atoms with E-state index in [2.05, 4.69) is 9.82 Å². The summed E-state index contributed by atoms with van der Waals surface area (Å²) in [6.45, 7) is 3.51. The molecule has 3 rings (SSSR count). The number of carbonyl (C=O) groups is 1. The number of nitrogens with one attached hydrogen (secondary N) is 1. The first-order valence-electron chi connectivity index (χ1n) is 8.89. The van der Waals surface area contributed by atoms with Crippen molar-refractivity contribution in [1.82, 2.24) is 5.01 Å². The summed E-state index contributed by atoms with van der Waals surface area (Å²) in [7, 11) is -3.49. The number of amides is 1. The molecule has 0 spiro atoms. The maximum Gasteiger partial charge on any atom is 0.245 e. The largest absolute Gasteiger partial charge is 0.283 e. The minimum Gasteiger partial charge on any atom is -0.283 e. The van der Waals surface area contributed by atoms with E-state index in [0.29, 0.717) is 22.5 Å². The van der Waals surface area contributed by atoms with E-state index in [-0.39, 0.29) is 18.2 Å². The lowest BCUT2D eigenvalue weighted by molar-refractivity contribution is -0.136. The van der Waals surface area contributed by atoms with Crippen LogP contribution in [0.1, 0.15) is 37.4 Å². The van der Waals surface area contributed by atoms with Crippen molar-refractivity contribution in [2.45, 2.75) is 26.3 Å². The number of benzene rings is 2. The summed E-state index contributed by atoms with van der Waals surface area (Å²) in [6.07, 6.45) is 1.35. The Bertz CT molecular complexity index is 1030. The molecule has 1 unspecified atom stereocenters. The first-order chi connectivity index (χ1) is 13.2. The molecule has 2 aromatic carbocycles. The maximum atomic E-state index is 14.4. The maximum absolute atomic E-state index is 14.4. The van der Waals surface area contributed by atoms with Crippen molar-refractivity contribution in [2.24, 2.45) is 11.0 Å². The van der Waals surface area contributed by atoms with Crippen LogP contribution in [0.3, 0.4) is 0 Å². The van der Waals surface area contributed by atoms with Gasteiger partial charge in [0, 0.05) is 23.5 Å². The van der Waals surface area contributed by atoms with Gasteiger partial charge in [-0.25, -0.2) is 17.8 Å². The number of hydrazone groups is 1. The molecule has 1 aliphatic rings. The van der Waals surface area contributed by atoms with Crippen LogP contribution in [0, 0.1) is 11.7 Å². The Hall–Kier alpha value is -2.74. The third kappa shape index (κ3) is 4.22. The molecule has 0 fully saturated rings. The molecular weight excluding hydrogens is 381 g/mol. The third-order valence-electron chi connectivity index (χ3n) is 4.43. The van der Waals surface area contributed by atoms with Gasteiger partial charge in [-0.1, -0.05) is 50.2 Å². The van der Waals surface area contributed by atoms with E-state index in [9.17, 15) is 17.6 Å². The highest BCUT2D eigenvalue weighted by Crippen LogP contribution is 2.36. The quantitative estimate of drug-likeness (QED) is 0.829. The smallest absolute Gasteiger partial charge is 0.245 e. The van der Waals surface area contributed by atoms with E-state index in [0.717, 1.165) is 6.26 Å². The van der Waals surface area contributed by atoms with E-state index < -0.39 is 21.9 Å². The van der Waals surface area contributed by atoms with Gasteiger partial charge in [-0.05, 0) is 12.1 Å². The van der Waals surface area contributed by atoms with Crippen LogP contribution in [0.15, 0.2) is 53.6 Å². The fourth-order valence-electron chi connectivity index (χ4n) is 3.15. The summed E-state index contributed by atoms with van der Waals surface area (Å²) < 4.78 is 40.3. The molecule has 0 aliphatic carbocycles. The molecule has 1 amide bonds. The predicted octanol–water partition coefficient (Wildman–Crippen LogP) is 3.53.